The summed E-state index contributed by atoms with van der Waals surface area (Å²) in [6, 6.07) is 3.97. The average molecular weight is 276 g/mol. The van der Waals surface area contributed by atoms with Crippen molar-refractivity contribution in [3.63, 3.8) is 0 Å². The number of alkyl halides is 1. The second-order valence-electron chi connectivity index (χ2n) is 5.05. The van der Waals surface area contributed by atoms with Crippen molar-refractivity contribution in [1.29, 1.82) is 0 Å². The monoisotopic (exact) mass is 276 g/mol. The van der Waals surface area contributed by atoms with Gasteiger partial charge in [-0.05, 0) is 30.0 Å². The first kappa shape index (κ1) is 16.5. The first-order valence-electron chi connectivity index (χ1n) is 7.27. The lowest BCUT2D eigenvalue weighted by molar-refractivity contribution is 0.289. The minimum absolute atomic E-state index is 0.349. The zero-order chi connectivity index (χ0) is 15.0. The third kappa shape index (κ3) is 4.52. The van der Waals surface area contributed by atoms with Gasteiger partial charge in [-0.1, -0.05) is 51.1 Å². The number of aryl methyl sites for hydroxylation is 1. The number of hydrogen-bond acceptors (Lipinski definition) is 1. The number of halogens is 1. The second-order valence-corrected chi connectivity index (χ2v) is 5.05. The molecule has 1 unspecified atom stereocenters. The van der Waals surface area contributed by atoms with Crippen molar-refractivity contribution in [3.8, 4) is 5.75 Å². The SMILES string of the molecule is C=Cc1c(C)ccc(OCCCF)c1/C=C\C(C)CC. The Labute approximate surface area is 122 Å². The van der Waals surface area contributed by atoms with Gasteiger partial charge in [0.1, 0.15) is 5.75 Å². The fraction of sp³-hybridized carbons (Fsp3) is 0.444. The average Bonchev–Trinajstić information content (AvgIpc) is 2.46. The van der Waals surface area contributed by atoms with Crippen LogP contribution in [0.3, 0.4) is 0 Å². The lowest BCUT2D eigenvalue weighted by Crippen LogP contribution is -2.01. The van der Waals surface area contributed by atoms with E-state index in [0.29, 0.717) is 18.9 Å². The lowest BCUT2D eigenvalue weighted by atomic mass is 9.98. The number of hydrogen-bond donors (Lipinski definition) is 0. The molecular formula is C18H25FO. The molecule has 1 aromatic rings. The van der Waals surface area contributed by atoms with E-state index in [-0.39, 0.29) is 6.67 Å². The molecule has 110 valence electrons. The Morgan fingerprint density at radius 3 is 2.70 bits per heavy atom. The zero-order valence-corrected chi connectivity index (χ0v) is 12.8. The molecule has 0 fully saturated rings. The molecule has 1 atom stereocenters. The molecular weight excluding hydrogens is 251 g/mol. The molecule has 20 heavy (non-hydrogen) atoms. The Bertz CT molecular complexity index is 463. The molecule has 0 aliphatic rings. The maximum atomic E-state index is 12.2. The number of ether oxygens (including phenoxy) is 1. The van der Waals surface area contributed by atoms with Crippen molar-refractivity contribution < 1.29 is 9.13 Å². The largest absolute Gasteiger partial charge is 0.493 e. The highest BCUT2D eigenvalue weighted by Gasteiger charge is 2.08. The van der Waals surface area contributed by atoms with Gasteiger partial charge in [-0.2, -0.15) is 0 Å². The summed E-state index contributed by atoms with van der Waals surface area (Å²) in [6.45, 7) is 10.3. The third-order valence-corrected chi connectivity index (χ3v) is 3.44. The molecule has 0 N–H and O–H groups in total. The summed E-state index contributed by atoms with van der Waals surface area (Å²) < 4.78 is 17.9. The summed E-state index contributed by atoms with van der Waals surface area (Å²) in [5.41, 5.74) is 3.29. The summed E-state index contributed by atoms with van der Waals surface area (Å²) in [5, 5.41) is 0. The van der Waals surface area contributed by atoms with E-state index < -0.39 is 0 Å². The van der Waals surface area contributed by atoms with E-state index in [2.05, 4.69) is 39.5 Å². The minimum Gasteiger partial charge on any atom is -0.493 e. The van der Waals surface area contributed by atoms with Crippen LogP contribution in [0.4, 0.5) is 4.39 Å². The fourth-order valence-corrected chi connectivity index (χ4v) is 1.93. The van der Waals surface area contributed by atoms with Gasteiger partial charge in [0.15, 0.2) is 0 Å². The molecule has 0 amide bonds. The van der Waals surface area contributed by atoms with Gasteiger partial charge in [-0.15, -0.1) is 0 Å². The summed E-state index contributed by atoms with van der Waals surface area (Å²) in [6.07, 6.45) is 7.66. The normalized spacial score (nSPS) is 12.6. The van der Waals surface area contributed by atoms with E-state index in [1.165, 1.54) is 5.56 Å². The van der Waals surface area contributed by atoms with Gasteiger partial charge < -0.3 is 4.74 Å². The Kier molecular flexibility index (Phi) is 7.06. The van der Waals surface area contributed by atoms with Gasteiger partial charge in [-0.3, -0.25) is 4.39 Å². The molecule has 1 aromatic carbocycles. The van der Waals surface area contributed by atoms with E-state index in [4.69, 9.17) is 4.74 Å². The van der Waals surface area contributed by atoms with Gasteiger partial charge in [0.2, 0.25) is 0 Å². The van der Waals surface area contributed by atoms with Crippen molar-refractivity contribution in [2.45, 2.75) is 33.6 Å². The quantitative estimate of drug-likeness (QED) is 0.575. The molecule has 0 bridgehead atoms. The summed E-state index contributed by atoms with van der Waals surface area (Å²) >= 11 is 0. The zero-order valence-electron chi connectivity index (χ0n) is 12.8. The molecule has 0 heterocycles. The molecule has 1 rings (SSSR count). The van der Waals surface area contributed by atoms with Gasteiger partial charge >= 0.3 is 0 Å². The standard InChI is InChI=1S/C18H25FO/c1-5-14(3)8-10-17-16(6-2)15(4)9-11-18(17)20-13-7-12-19/h6,8-11,14H,2,5,7,12-13H2,1,3-4H3/b10-8-. The Hall–Kier alpha value is -1.57. The minimum atomic E-state index is -0.349. The van der Waals surface area contributed by atoms with Crippen molar-refractivity contribution in [2.24, 2.45) is 5.92 Å². The van der Waals surface area contributed by atoms with Crippen molar-refractivity contribution in [3.05, 3.63) is 41.5 Å². The fourth-order valence-electron chi connectivity index (χ4n) is 1.93. The first-order valence-corrected chi connectivity index (χ1v) is 7.27. The highest BCUT2D eigenvalue weighted by atomic mass is 19.1. The Morgan fingerprint density at radius 1 is 1.35 bits per heavy atom. The summed E-state index contributed by atoms with van der Waals surface area (Å²) in [5.74, 6) is 1.32. The van der Waals surface area contributed by atoms with E-state index in [9.17, 15) is 4.39 Å². The van der Waals surface area contributed by atoms with E-state index in [0.717, 1.165) is 23.3 Å². The van der Waals surface area contributed by atoms with Crippen LogP contribution in [0.2, 0.25) is 0 Å². The van der Waals surface area contributed by atoms with Crippen LogP contribution in [-0.2, 0) is 0 Å². The van der Waals surface area contributed by atoms with Gasteiger partial charge in [0.25, 0.3) is 0 Å². The van der Waals surface area contributed by atoms with Crippen molar-refractivity contribution in [1.82, 2.24) is 0 Å². The maximum absolute atomic E-state index is 12.2. The van der Waals surface area contributed by atoms with E-state index in [1.54, 1.807) is 0 Å². The number of benzene rings is 1. The molecule has 1 nitrogen and oxygen atoms in total. The predicted octanol–water partition coefficient (Wildman–Crippen LogP) is 5.44. The highest BCUT2D eigenvalue weighted by molar-refractivity contribution is 5.71. The van der Waals surface area contributed by atoms with E-state index in [1.807, 2.05) is 18.2 Å². The highest BCUT2D eigenvalue weighted by Crippen LogP contribution is 2.28. The molecule has 0 aliphatic carbocycles. The third-order valence-electron chi connectivity index (χ3n) is 3.44. The molecule has 0 saturated carbocycles. The molecule has 0 aliphatic heterocycles. The van der Waals surface area contributed by atoms with E-state index >= 15 is 0 Å². The molecule has 0 spiro atoms. The molecule has 0 aromatic heterocycles. The number of allylic oxidation sites excluding steroid dienone is 1. The molecule has 0 saturated heterocycles. The van der Waals surface area contributed by atoms with Crippen molar-refractivity contribution in [2.75, 3.05) is 13.3 Å². The molecule has 0 radical (unpaired) electrons. The van der Waals surface area contributed by atoms with Gasteiger partial charge in [0.05, 0.1) is 13.3 Å². The lowest BCUT2D eigenvalue weighted by Gasteiger charge is -2.14. The van der Waals surface area contributed by atoms with Gasteiger partial charge in [0, 0.05) is 12.0 Å². The van der Waals surface area contributed by atoms with Crippen LogP contribution in [-0.4, -0.2) is 13.3 Å². The van der Waals surface area contributed by atoms with Crippen LogP contribution in [0.25, 0.3) is 12.2 Å². The second kappa shape index (κ2) is 8.57. The Morgan fingerprint density at radius 2 is 2.10 bits per heavy atom. The Balaban J connectivity index is 3.09. The predicted molar refractivity (Wildman–Crippen MR) is 85.8 cm³/mol. The maximum Gasteiger partial charge on any atom is 0.127 e. The summed E-state index contributed by atoms with van der Waals surface area (Å²) in [7, 11) is 0. The van der Waals surface area contributed by atoms with Crippen LogP contribution in [0.1, 0.15) is 43.4 Å². The van der Waals surface area contributed by atoms with Crippen LogP contribution in [0, 0.1) is 12.8 Å². The number of rotatable bonds is 8. The van der Waals surface area contributed by atoms with Gasteiger partial charge in [-0.25, -0.2) is 0 Å². The van der Waals surface area contributed by atoms with Crippen LogP contribution in [0.15, 0.2) is 24.8 Å². The topological polar surface area (TPSA) is 9.23 Å². The van der Waals surface area contributed by atoms with Crippen LogP contribution in [0.5, 0.6) is 5.75 Å². The van der Waals surface area contributed by atoms with Crippen LogP contribution >= 0.6 is 0 Å². The van der Waals surface area contributed by atoms with Crippen molar-refractivity contribution >= 4 is 12.2 Å². The van der Waals surface area contributed by atoms with Crippen LogP contribution < -0.4 is 4.74 Å². The first-order chi connectivity index (χ1) is 9.63. The molecule has 2 heteroatoms. The summed E-state index contributed by atoms with van der Waals surface area (Å²) in [4.78, 5) is 0. The smallest absolute Gasteiger partial charge is 0.127 e.